The fourth-order valence-electron chi connectivity index (χ4n) is 3.03. The lowest BCUT2D eigenvalue weighted by molar-refractivity contribution is 0.102. The summed E-state index contributed by atoms with van der Waals surface area (Å²) in [6, 6.07) is 20.8. The average molecular weight is 513 g/mol. The number of benzene rings is 3. The summed E-state index contributed by atoms with van der Waals surface area (Å²) < 4.78 is 21.0. The number of hydrogen-bond acceptors (Lipinski definition) is 5. The Morgan fingerprint density at radius 3 is 2.56 bits per heavy atom. The Morgan fingerprint density at radius 1 is 1.06 bits per heavy atom. The Labute approximate surface area is 197 Å². The molecule has 0 spiro atoms. The SMILES string of the molecule is COc1ccccc1C(=O)Nc1ccccc1Sc1nnc(Br)n1Cc1ccc(F)cc1. The minimum absolute atomic E-state index is 0.274. The van der Waals surface area contributed by atoms with E-state index in [-0.39, 0.29) is 11.7 Å². The number of carbonyl (C=O) groups excluding carboxylic acids is 1. The van der Waals surface area contributed by atoms with Crippen LogP contribution in [0.4, 0.5) is 10.1 Å². The second-order valence-corrected chi connectivity index (χ2v) is 8.44. The van der Waals surface area contributed by atoms with Gasteiger partial charge in [-0.3, -0.25) is 9.36 Å². The molecule has 0 bridgehead atoms. The molecule has 9 heteroatoms. The van der Waals surface area contributed by atoms with Crippen molar-refractivity contribution in [3.05, 3.63) is 94.5 Å². The molecule has 6 nitrogen and oxygen atoms in total. The number of methoxy groups -OCH3 is 1. The first kappa shape index (κ1) is 22.0. The van der Waals surface area contributed by atoms with E-state index >= 15 is 0 Å². The number of aromatic nitrogens is 3. The zero-order valence-electron chi connectivity index (χ0n) is 17.0. The fourth-order valence-corrected chi connectivity index (χ4v) is 4.44. The zero-order valence-corrected chi connectivity index (χ0v) is 19.4. The lowest BCUT2D eigenvalue weighted by atomic mass is 10.2. The Hall–Kier alpha value is -3.17. The summed E-state index contributed by atoms with van der Waals surface area (Å²) in [5, 5.41) is 11.9. The standard InChI is InChI=1S/C23H18BrFN4O2S/c1-31-19-8-4-2-6-17(19)21(30)26-18-7-3-5-9-20(18)32-23-28-27-22(24)29(23)14-15-10-12-16(25)13-11-15/h2-13H,14H2,1H3,(H,26,30). The molecule has 0 radical (unpaired) electrons. The Bertz CT molecular complexity index is 1250. The van der Waals surface area contributed by atoms with Crippen molar-refractivity contribution in [1.29, 1.82) is 0 Å². The van der Waals surface area contributed by atoms with Crippen LogP contribution in [0.2, 0.25) is 0 Å². The molecule has 1 amide bonds. The molecule has 162 valence electrons. The molecule has 0 aliphatic rings. The van der Waals surface area contributed by atoms with E-state index in [0.717, 1.165) is 10.5 Å². The Balaban J connectivity index is 1.58. The summed E-state index contributed by atoms with van der Waals surface area (Å²) in [6.45, 7) is 0.464. The smallest absolute Gasteiger partial charge is 0.259 e. The Kier molecular flexibility index (Phi) is 6.87. The third-order valence-electron chi connectivity index (χ3n) is 4.61. The molecule has 0 atom stereocenters. The van der Waals surface area contributed by atoms with Crippen LogP contribution < -0.4 is 10.1 Å². The number of nitrogens with zero attached hydrogens (tertiary/aromatic N) is 3. The number of amides is 1. The van der Waals surface area contributed by atoms with E-state index in [0.29, 0.717) is 33.4 Å². The van der Waals surface area contributed by atoms with Crippen LogP contribution in [0.3, 0.4) is 0 Å². The summed E-state index contributed by atoms with van der Waals surface area (Å²) in [7, 11) is 1.53. The van der Waals surface area contributed by atoms with Crippen LogP contribution in [0.15, 0.2) is 87.6 Å². The quantitative estimate of drug-likeness (QED) is 0.347. The van der Waals surface area contributed by atoms with Crippen molar-refractivity contribution in [2.45, 2.75) is 16.6 Å². The summed E-state index contributed by atoms with van der Waals surface area (Å²) in [5.74, 6) is -0.0616. The van der Waals surface area contributed by atoms with Crippen molar-refractivity contribution in [3.63, 3.8) is 0 Å². The molecule has 0 unspecified atom stereocenters. The molecular weight excluding hydrogens is 495 g/mol. The average Bonchev–Trinajstić information content (AvgIpc) is 3.15. The van der Waals surface area contributed by atoms with Gasteiger partial charge in [0, 0.05) is 4.90 Å². The number of ether oxygens (including phenoxy) is 1. The number of carbonyl (C=O) groups is 1. The first-order valence-electron chi connectivity index (χ1n) is 9.59. The van der Waals surface area contributed by atoms with Crippen molar-refractivity contribution in [3.8, 4) is 5.75 Å². The number of halogens is 2. The Morgan fingerprint density at radius 2 is 1.78 bits per heavy atom. The third-order valence-corrected chi connectivity index (χ3v) is 6.26. The molecule has 1 aromatic heterocycles. The number of rotatable bonds is 7. The van der Waals surface area contributed by atoms with Crippen LogP contribution >= 0.6 is 27.7 Å². The van der Waals surface area contributed by atoms with Gasteiger partial charge in [0.1, 0.15) is 11.6 Å². The van der Waals surface area contributed by atoms with Gasteiger partial charge in [0.2, 0.25) is 4.73 Å². The highest BCUT2D eigenvalue weighted by molar-refractivity contribution is 9.10. The predicted molar refractivity (Wildman–Crippen MR) is 125 cm³/mol. The van der Waals surface area contributed by atoms with Crippen LogP contribution in [0.1, 0.15) is 15.9 Å². The highest BCUT2D eigenvalue weighted by Crippen LogP contribution is 2.34. The van der Waals surface area contributed by atoms with E-state index in [1.165, 1.54) is 31.0 Å². The lowest BCUT2D eigenvalue weighted by Crippen LogP contribution is -2.13. The molecule has 1 N–H and O–H groups in total. The van der Waals surface area contributed by atoms with Gasteiger partial charge in [-0.05, 0) is 69.7 Å². The lowest BCUT2D eigenvalue weighted by Gasteiger charge is -2.13. The molecule has 0 saturated carbocycles. The van der Waals surface area contributed by atoms with Gasteiger partial charge in [0.25, 0.3) is 5.91 Å². The van der Waals surface area contributed by atoms with Gasteiger partial charge in [-0.25, -0.2) is 4.39 Å². The molecule has 32 heavy (non-hydrogen) atoms. The maximum absolute atomic E-state index is 13.2. The zero-order chi connectivity index (χ0) is 22.5. The van der Waals surface area contributed by atoms with Gasteiger partial charge >= 0.3 is 0 Å². The molecule has 1 heterocycles. The maximum Gasteiger partial charge on any atom is 0.259 e. The van der Waals surface area contributed by atoms with E-state index in [2.05, 4.69) is 31.4 Å². The molecule has 0 saturated heterocycles. The molecular formula is C23H18BrFN4O2S. The van der Waals surface area contributed by atoms with Gasteiger partial charge in [-0.15, -0.1) is 10.2 Å². The maximum atomic E-state index is 13.2. The molecule has 4 aromatic rings. The second kappa shape index (κ2) is 9.97. The normalized spacial score (nSPS) is 10.7. The third kappa shape index (κ3) is 5.00. The van der Waals surface area contributed by atoms with Crippen molar-refractivity contribution in [2.75, 3.05) is 12.4 Å². The highest BCUT2D eigenvalue weighted by Gasteiger charge is 2.17. The first-order valence-corrected chi connectivity index (χ1v) is 11.2. The van der Waals surface area contributed by atoms with E-state index in [9.17, 15) is 9.18 Å². The van der Waals surface area contributed by atoms with Crippen molar-refractivity contribution in [2.24, 2.45) is 0 Å². The topological polar surface area (TPSA) is 69.0 Å². The number of anilines is 1. The van der Waals surface area contributed by atoms with Crippen LogP contribution in [0, 0.1) is 5.82 Å². The van der Waals surface area contributed by atoms with Crippen molar-refractivity contribution >= 4 is 39.3 Å². The van der Waals surface area contributed by atoms with Crippen molar-refractivity contribution < 1.29 is 13.9 Å². The molecule has 0 aliphatic carbocycles. The van der Waals surface area contributed by atoms with Gasteiger partial charge in [0.15, 0.2) is 5.16 Å². The minimum Gasteiger partial charge on any atom is -0.496 e. The van der Waals surface area contributed by atoms with E-state index in [1.54, 1.807) is 30.3 Å². The van der Waals surface area contributed by atoms with E-state index < -0.39 is 0 Å². The molecule has 4 rings (SSSR count). The summed E-state index contributed by atoms with van der Waals surface area (Å²) in [6.07, 6.45) is 0. The van der Waals surface area contributed by atoms with Crippen molar-refractivity contribution in [1.82, 2.24) is 14.8 Å². The molecule has 0 fully saturated rings. The van der Waals surface area contributed by atoms with E-state index in [4.69, 9.17) is 4.74 Å². The number of nitrogens with one attached hydrogen (secondary N) is 1. The van der Waals surface area contributed by atoms with Crippen LogP contribution in [0.5, 0.6) is 5.75 Å². The minimum atomic E-state index is -0.286. The number of para-hydroxylation sites is 2. The van der Waals surface area contributed by atoms with Gasteiger partial charge in [-0.1, -0.05) is 36.4 Å². The largest absolute Gasteiger partial charge is 0.496 e. The van der Waals surface area contributed by atoms with Gasteiger partial charge in [0.05, 0.1) is 24.9 Å². The summed E-state index contributed by atoms with van der Waals surface area (Å²) in [4.78, 5) is 13.7. The van der Waals surface area contributed by atoms with Crippen LogP contribution in [-0.4, -0.2) is 27.8 Å². The first-order chi connectivity index (χ1) is 15.5. The monoisotopic (exact) mass is 512 g/mol. The van der Waals surface area contributed by atoms with E-state index in [1.807, 2.05) is 34.9 Å². The fraction of sp³-hybridized carbons (Fsp3) is 0.0870. The predicted octanol–water partition coefficient (Wildman–Crippen LogP) is 5.64. The van der Waals surface area contributed by atoms with Gasteiger partial charge < -0.3 is 10.1 Å². The second-order valence-electron chi connectivity index (χ2n) is 6.72. The van der Waals surface area contributed by atoms with Gasteiger partial charge in [-0.2, -0.15) is 0 Å². The molecule has 3 aromatic carbocycles. The highest BCUT2D eigenvalue weighted by atomic mass is 79.9. The molecule has 0 aliphatic heterocycles. The van der Waals surface area contributed by atoms with Crippen LogP contribution in [-0.2, 0) is 6.54 Å². The number of hydrogen-bond donors (Lipinski definition) is 1. The summed E-state index contributed by atoms with van der Waals surface area (Å²) >= 11 is 4.80. The summed E-state index contributed by atoms with van der Waals surface area (Å²) in [5.41, 5.74) is 1.99. The van der Waals surface area contributed by atoms with Crippen LogP contribution in [0.25, 0.3) is 0 Å².